The summed E-state index contributed by atoms with van der Waals surface area (Å²) in [5.41, 5.74) is 2.16. The monoisotopic (exact) mass is 345 g/mol. The summed E-state index contributed by atoms with van der Waals surface area (Å²) in [6, 6.07) is 9.14. The zero-order valence-corrected chi connectivity index (χ0v) is 13.8. The second kappa shape index (κ2) is 6.72. The van der Waals surface area contributed by atoms with E-state index in [1.165, 1.54) is 0 Å². The molecule has 0 spiro atoms. The lowest BCUT2D eigenvalue weighted by atomic mass is 9.99. The number of hydrogen-bond donors (Lipinski definition) is 1. The summed E-state index contributed by atoms with van der Waals surface area (Å²) < 4.78 is 0. The molecular weight excluding hydrogens is 330 g/mol. The minimum atomic E-state index is -0.126. The summed E-state index contributed by atoms with van der Waals surface area (Å²) in [6.45, 7) is 0.595. The molecule has 1 atom stereocenters. The maximum absolute atomic E-state index is 12.7. The Morgan fingerprint density at radius 3 is 2.85 bits per heavy atom. The minimum Gasteiger partial charge on any atom is -0.281 e. The largest absolute Gasteiger partial charge is 0.281 e. The van der Waals surface area contributed by atoms with Crippen molar-refractivity contribution in [1.82, 2.24) is 25.1 Å². The number of anilines is 1. The van der Waals surface area contributed by atoms with Gasteiger partial charge in [-0.1, -0.05) is 6.07 Å². The Labute approximate surface area is 149 Å². The molecule has 8 heteroatoms. The fourth-order valence-electron chi connectivity index (χ4n) is 3.04. The molecule has 0 saturated carbocycles. The van der Waals surface area contributed by atoms with E-state index in [2.05, 4.69) is 25.1 Å². The van der Waals surface area contributed by atoms with E-state index < -0.39 is 0 Å². The molecule has 1 aliphatic rings. The van der Waals surface area contributed by atoms with E-state index in [-0.39, 0.29) is 11.8 Å². The van der Waals surface area contributed by atoms with Crippen molar-refractivity contribution in [2.24, 2.45) is 5.92 Å². The zero-order valence-electron chi connectivity index (χ0n) is 13.8. The molecule has 1 amide bonds. The summed E-state index contributed by atoms with van der Waals surface area (Å²) in [5, 5.41) is 15.9. The van der Waals surface area contributed by atoms with Crippen LogP contribution in [0.5, 0.6) is 0 Å². The van der Waals surface area contributed by atoms with Gasteiger partial charge in [-0.25, -0.2) is 10.1 Å². The van der Waals surface area contributed by atoms with Crippen LogP contribution in [0.4, 0.5) is 5.95 Å². The third-order valence-corrected chi connectivity index (χ3v) is 4.41. The number of rotatable bonds is 4. The Hall–Kier alpha value is -3.60. The number of carbonyl (C=O) groups is 1. The van der Waals surface area contributed by atoms with E-state index >= 15 is 0 Å². The molecule has 8 nitrogen and oxygen atoms in total. The van der Waals surface area contributed by atoms with Gasteiger partial charge >= 0.3 is 0 Å². The highest BCUT2D eigenvalue weighted by atomic mass is 16.2. The van der Waals surface area contributed by atoms with Crippen LogP contribution < -0.4 is 4.90 Å². The molecule has 1 aliphatic heterocycles. The van der Waals surface area contributed by atoms with Crippen molar-refractivity contribution in [2.75, 3.05) is 11.4 Å². The third kappa shape index (κ3) is 3.02. The smallest absolute Gasteiger partial charge is 0.232 e. The number of pyridine rings is 2. The summed E-state index contributed by atoms with van der Waals surface area (Å²) >= 11 is 0. The molecule has 128 valence electrons. The van der Waals surface area contributed by atoms with Gasteiger partial charge in [-0.15, -0.1) is 0 Å². The zero-order chi connectivity index (χ0) is 17.9. The Bertz CT molecular complexity index is 959. The van der Waals surface area contributed by atoms with E-state index in [4.69, 9.17) is 5.26 Å². The number of aromatic nitrogens is 5. The van der Waals surface area contributed by atoms with Crippen LogP contribution in [-0.4, -0.2) is 37.6 Å². The molecule has 1 unspecified atom stereocenters. The Balaban J connectivity index is 1.47. The van der Waals surface area contributed by atoms with Gasteiger partial charge in [0.2, 0.25) is 11.9 Å². The molecule has 0 radical (unpaired) electrons. The highest BCUT2D eigenvalue weighted by molar-refractivity contribution is 5.95. The first kappa shape index (κ1) is 15.9. The van der Waals surface area contributed by atoms with Crippen molar-refractivity contribution in [1.29, 1.82) is 5.26 Å². The van der Waals surface area contributed by atoms with Gasteiger partial charge in [-0.05, 0) is 36.6 Å². The summed E-state index contributed by atoms with van der Waals surface area (Å²) in [6.07, 6.45) is 6.34. The maximum Gasteiger partial charge on any atom is 0.232 e. The fourth-order valence-corrected chi connectivity index (χ4v) is 3.04. The van der Waals surface area contributed by atoms with Gasteiger partial charge < -0.3 is 0 Å². The maximum atomic E-state index is 12.7. The van der Waals surface area contributed by atoms with Crippen LogP contribution in [0.3, 0.4) is 0 Å². The van der Waals surface area contributed by atoms with E-state index in [1.54, 1.807) is 29.6 Å². The molecule has 3 aromatic rings. The molecule has 3 aromatic heterocycles. The van der Waals surface area contributed by atoms with Crippen molar-refractivity contribution >= 4 is 11.9 Å². The topological polar surface area (TPSA) is 111 Å². The number of carbonyl (C=O) groups excluding carboxylic acids is 1. The average Bonchev–Trinajstić information content (AvgIpc) is 3.31. The molecule has 26 heavy (non-hydrogen) atoms. The quantitative estimate of drug-likeness (QED) is 0.771. The highest BCUT2D eigenvalue weighted by Crippen LogP contribution is 2.26. The molecule has 4 heterocycles. The number of nitriles is 1. The molecule has 1 fully saturated rings. The molecule has 1 saturated heterocycles. The molecule has 0 aromatic carbocycles. The van der Waals surface area contributed by atoms with Crippen LogP contribution in [0.1, 0.15) is 17.7 Å². The molecule has 1 N–H and O–H groups in total. The Morgan fingerprint density at radius 2 is 2.12 bits per heavy atom. The van der Waals surface area contributed by atoms with E-state index in [9.17, 15) is 4.79 Å². The third-order valence-electron chi connectivity index (χ3n) is 4.41. The number of H-pyrrole nitrogens is 1. The van der Waals surface area contributed by atoms with Crippen LogP contribution in [0.25, 0.3) is 11.4 Å². The predicted molar refractivity (Wildman–Crippen MR) is 92.7 cm³/mol. The Kier molecular flexibility index (Phi) is 4.11. The normalized spacial score (nSPS) is 16.7. The number of nitrogens with one attached hydrogen (secondary N) is 1. The van der Waals surface area contributed by atoms with Gasteiger partial charge in [0.25, 0.3) is 0 Å². The Morgan fingerprint density at radius 1 is 1.27 bits per heavy atom. The standard InChI is InChI=1S/C18H15N7O/c19-10-15-2-1-12(11-21-15)9-14-5-8-25(17(14)26)18-22-16(23-24-18)13-3-6-20-7-4-13/h1-4,6-7,11,14H,5,8-9H2,(H,22,23,24). The number of aromatic amines is 1. The van der Waals surface area contributed by atoms with Crippen LogP contribution in [0.15, 0.2) is 42.9 Å². The average molecular weight is 345 g/mol. The molecule has 0 bridgehead atoms. The van der Waals surface area contributed by atoms with Gasteiger partial charge in [0.05, 0.1) is 0 Å². The lowest BCUT2D eigenvalue weighted by Crippen LogP contribution is -2.28. The molecule has 0 aliphatic carbocycles. The number of amides is 1. The SMILES string of the molecule is N#Cc1ccc(CC2CCN(c3nc(-c4ccncc4)n[nH]3)C2=O)cn1. The first-order valence-electron chi connectivity index (χ1n) is 8.24. The predicted octanol–water partition coefficient (Wildman–Crippen LogP) is 1.73. The fraction of sp³-hybridized carbons (Fsp3) is 0.222. The van der Waals surface area contributed by atoms with Crippen molar-refractivity contribution in [3.63, 3.8) is 0 Å². The van der Waals surface area contributed by atoms with Crippen LogP contribution in [-0.2, 0) is 11.2 Å². The first-order valence-corrected chi connectivity index (χ1v) is 8.24. The molecule has 4 rings (SSSR count). The van der Waals surface area contributed by atoms with Crippen LogP contribution >= 0.6 is 0 Å². The second-order valence-corrected chi connectivity index (χ2v) is 6.06. The van der Waals surface area contributed by atoms with Gasteiger partial charge in [-0.3, -0.25) is 14.7 Å². The van der Waals surface area contributed by atoms with Gasteiger partial charge in [-0.2, -0.15) is 15.3 Å². The van der Waals surface area contributed by atoms with E-state index in [0.29, 0.717) is 30.4 Å². The van der Waals surface area contributed by atoms with Crippen molar-refractivity contribution in [2.45, 2.75) is 12.8 Å². The second-order valence-electron chi connectivity index (χ2n) is 6.06. The van der Waals surface area contributed by atoms with E-state index in [1.807, 2.05) is 24.3 Å². The lowest BCUT2D eigenvalue weighted by molar-refractivity contribution is -0.120. The summed E-state index contributed by atoms with van der Waals surface area (Å²) in [7, 11) is 0. The van der Waals surface area contributed by atoms with E-state index in [0.717, 1.165) is 17.5 Å². The highest BCUT2D eigenvalue weighted by Gasteiger charge is 2.34. The van der Waals surface area contributed by atoms with Crippen molar-refractivity contribution in [3.05, 3.63) is 54.1 Å². The van der Waals surface area contributed by atoms with Gasteiger partial charge in [0, 0.05) is 36.6 Å². The van der Waals surface area contributed by atoms with Crippen molar-refractivity contribution in [3.8, 4) is 17.5 Å². The summed E-state index contributed by atoms with van der Waals surface area (Å²) in [5.74, 6) is 0.892. The minimum absolute atomic E-state index is 0.0202. The first-order chi connectivity index (χ1) is 12.7. The molecular formula is C18H15N7O. The number of nitrogens with zero attached hydrogens (tertiary/aromatic N) is 6. The lowest BCUT2D eigenvalue weighted by Gasteiger charge is -2.12. The van der Waals surface area contributed by atoms with Crippen LogP contribution in [0, 0.1) is 17.2 Å². The van der Waals surface area contributed by atoms with Crippen LogP contribution in [0.2, 0.25) is 0 Å². The summed E-state index contributed by atoms with van der Waals surface area (Å²) in [4.78, 5) is 26.8. The van der Waals surface area contributed by atoms with Gasteiger partial charge in [0.15, 0.2) is 5.82 Å². The van der Waals surface area contributed by atoms with Gasteiger partial charge in [0.1, 0.15) is 11.8 Å². The number of hydrogen-bond acceptors (Lipinski definition) is 6. The van der Waals surface area contributed by atoms with Crippen molar-refractivity contribution < 1.29 is 4.79 Å².